The summed E-state index contributed by atoms with van der Waals surface area (Å²) < 4.78 is 38.4. The van der Waals surface area contributed by atoms with Crippen molar-refractivity contribution in [3.63, 3.8) is 0 Å². The molecule has 5 nitrogen and oxygen atoms in total. The van der Waals surface area contributed by atoms with Gasteiger partial charge in [-0.2, -0.15) is 13.2 Å². The van der Waals surface area contributed by atoms with Crippen LogP contribution in [0.1, 0.15) is 11.4 Å². The van der Waals surface area contributed by atoms with Gasteiger partial charge in [0.25, 0.3) is 0 Å². The molecule has 18 heavy (non-hydrogen) atoms. The molecule has 2 aromatic rings. The summed E-state index contributed by atoms with van der Waals surface area (Å²) in [6.07, 6.45) is -1.56. The fourth-order valence-electron chi connectivity index (χ4n) is 1.34. The maximum atomic E-state index is 12.3. The fourth-order valence-corrected chi connectivity index (χ4v) is 1.34. The maximum absolute atomic E-state index is 12.3. The van der Waals surface area contributed by atoms with Crippen molar-refractivity contribution in [1.82, 2.24) is 20.0 Å². The van der Waals surface area contributed by atoms with Crippen LogP contribution >= 0.6 is 0 Å². The first-order chi connectivity index (χ1) is 8.45. The van der Waals surface area contributed by atoms with Crippen LogP contribution in [0.25, 0.3) is 0 Å². The van der Waals surface area contributed by atoms with E-state index in [9.17, 15) is 13.2 Å². The Hall–Kier alpha value is -2.12. The minimum absolute atomic E-state index is 0.376. The van der Waals surface area contributed by atoms with Gasteiger partial charge in [0, 0.05) is 13.2 Å². The first-order valence-corrected chi connectivity index (χ1v) is 5.07. The lowest BCUT2D eigenvalue weighted by Crippen LogP contribution is -2.08. The number of hydrogen-bond acceptors (Lipinski definition) is 4. The monoisotopic (exact) mass is 257 g/mol. The smallest absolute Gasteiger partial charge is 0.378 e. The quantitative estimate of drug-likeness (QED) is 0.911. The van der Waals surface area contributed by atoms with Crippen molar-refractivity contribution in [2.75, 3.05) is 5.32 Å². The molecule has 0 bridgehead atoms. The third kappa shape index (κ3) is 2.96. The summed E-state index contributed by atoms with van der Waals surface area (Å²) in [4.78, 5) is 3.34. The topological polar surface area (TPSA) is 55.6 Å². The first-order valence-electron chi connectivity index (χ1n) is 5.07. The molecule has 0 aliphatic heterocycles. The van der Waals surface area contributed by atoms with Crippen LogP contribution in [0.5, 0.6) is 0 Å². The number of aromatic nitrogens is 4. The van der Waals surface area contributed by atoms with Gasteiger partial charge in [-0.05, 0) is 12.1 Å². The zero-order chi connectivity index (χ0) is 13.2. The Morgan fingerprint density at radius 3 is 2.61 bits per heavy atom. The SMILES string of the molecule is Cn1cc(CNc2ccc(C(F)(F)F)nc2)nn1. The second-order valence-electron chi connectivity index (χ2n) is 3.67. The number of nitrogens with zero attached hydrogens (tertiary/aromatic N) is 4. The molecule has 2 rings (SSSR count). The van der Waals surface area contributed by atoms with Crippen LogP contribution in [0, 0.1) is 0 Å². The molecule has 0 aliphatic rings. The van der Waals surface area contributed by atoms with Crippen molar-refractivity contribution < 1.29 is 13.2 Å². The Labute approximate surface area is 101 Å². The van der Waals surface area contributed by atoms with Gasteiger partial charge in [0.1, 0.15) is 11.4 Å². The highest BCUT2D eigenvalue weighted by Crippen LogP contribution is 2.27. The van der Waals surface area contributed by atoms with E-state index in [1.165, 1.54) is 6.07 Å². The molecule has 96 valence electrons. The average Bonchev–Trinajstić information content (AvgIpc) is 2.72. The van der Waals surface area contributed by atoms with Gasteiger partial charge in [0.05, 0.1) is 18.4 Å². The molecule has 0 aromatic carbocycles. The molecule has 8 heteroatoms. The summed E-state index contributed by atoms with van der Waals surface area (Å²) in [6.45, 7) is 0.376. The summed E-state index contributed by atoms with van der Waals surface area (Å²) in [6, 6.07) is 2.26. The van der Waals surface area contributed by atoms with Crippen molar-refractivity contribution in [2.24, 2.45) is 7.05 Å². The third-order valence-electron chi connectivity index (χ3n) is 2.18. The first kappa shape index (κ1) is 12.3. The largest absolute Gasteiger partial charge is 0.433 e. The molecule has 0 unspecified atom stereocenters. The number of anilines is 1. The van der Waals surface area contributed by atoms with Gasteiger partial charge in [0.2, 0.25) is 0 Å². The number of aryl methyl sites for hydroxylation is 1. The van der Waals surface area contributed by atoms with Crippen LogP contribution in [0.3, 0.4) is 0 Å². The molecular weight excluding hydrogens is 247 g/mol. The van der Waals surface area contributed by atoms with Crippen LogP contribution in [0.2, 0.25) is 0 Å². The lowest BCUT2D eigenvalue weighted by Gasteiger charge is -2.07. The second kappa shape index (κ2) is 4.63. The van der Waals surface area contributed by atoms with E-state index >= 15 is 0 Å². The number of hydrogen-bond donors (Lipinski definition) is 1. The number of rotatable bonds is 3. The zero-order valence-corrected chi connectivity index (χ0v) is 9.44. The number of alkyl halides is 3. The molecule has 0 saturated heterocycles. The van der Waals surface area contributed by atoms with E-state index in [-0.39, 0.29) is 0 Å². The molecule has 2 heterocycles. The highest BCUT2D eigenvalue weighted by molar-refractivity contribution is 5.41. The minimum Gasteiger partial charge on any atom is -0.378 e. The highest BCUT2D eigenvalue weighted by atomic mass is 19.4. The number of nitrogens with one attached hydrogen (secondary N) is 1. The van der Waals surface area contributed by atoms with E-state index in [2.05, 4.69) is 20.6 Å². The van der Waals surface area contributed by atoms with Crippen LogP contribution in [-0.2, 0) is 19.8 Å². The van der Waals surface area contributed by atoms with Crippen molar-refractivity contribution in [2.45, 2.75) is 12.7 Å². The Morgan fingerprint density at radius 2 is 2.11 bits per heavy atom. The van der Waals surface area contributed by atoms with E-state index in [1.807, 2.05) is 0 Å². The number of pyridine rings is 1. The molecule has 0 amide bonds. The average molecular weight is 257 g/mol. The van der Waals surface area contributed by atoms with E-state index in [4.69, 9.17) is 0 Å². The molecule has 0 saturated carbocycles. The summed E-state index contributed by atoms with van der Waals surface area (Å²) in [7, 11) is 1.73. The van der Waals surface area contributed by atoms with Gasteiger partial charge in [-0.15, -0.1) is 5.10 Å². The van der Waals surface area contributed by atoms with Gasteiger partial charge in [0.15, 0.2) is 0 Å². The van der Waals surface area contributed by atoms with Crippen molar-refractivity contribution in [3.05, 3.63) is 35.9 Å². The Morgan fingerprint density at radius 1 is 1.33 bits per heavy atom. The Balaban J connectivity index is 1.98. The molecule has 0 atom stereocenters. The highest BCUT2D eigenvalue weighted by Gasteiger charge is 2.31. The maximum Gasteiger partial charge on any atom is 0.433 e. The molecule has 1 N–H and O–H groups in total. The molecule has 0 spiro atoms. The van der Waals surface area contributed by atoms with Crippen LogP contribution in [0.15, 0.2) is 24.5 Å². The lowest BCUT2D eigenvalue weighted by molar-refractivity contribution is -0.141. The van der Waals surface area contributed by atoms with Crippen molar-refractivity contribution >= 4 is 5.69 Å². The predicted octanol–water partition coefficient (Wildman–Crippen LogP) is 1.84. The van der Waals surface area contributed by atoms with Gasteiger partial charge in [-0.3, -0.25) is 4.68 Å². The third-order valence-corrected chi connectivity index (χ3v) is 2.18. The summed E-state index contributed by atoms with van der Waals surface area (Å²) in [5, 5.41) is 10.5. The van der Waals surface area contributed by atoms with E-state index in [0.717, 1.165) is 12.3 Å². The second-order valence-corrected chi connectivity index (χ2v) is 3.67. The van der Waals surface area contributed by atoms with E-state index < -0.39 is 11.9 Å². The van der Waals surface area contributed by atoms with Crippen LogP contribution in [0.4, 0.5) is 18.9 Å². The standard InChI is InChI=1S/C10H10F3N5/c1-18-6-8(16-17-18)5-14-7-2-3-9(15-4-7)10(11,12)13/h2-4,6,14H,5H2,1H3. The van der Waals surface area contributed by atoms with Gasteiger partial charge < -0.3 is 5.32 Å². The Bertz CT molecular complexity index is 517. The van der Waals surface area contributed by atoms with Crippen LogP contribution in [-0.4, -0.2) is 20.0 Å². The molecular formula is C10H10F3N5. The minimum atomic E-state index is -4.41. The molecule has 0 fully saturated rings. The summed E-state index contributed by atoms with van der Waals surface area (Å²) in [5.41, 5.74) is 0.276. The zero-order valence-electron chi connectivity index (χ0n) is 9.44. The van der Waals surface area contributed by atoms with Crippen molar-refractivity contribution in [1.29, 1.82) is 0 Å². The fraction of sp³-hybridized carbons (Fsp3) is 0.300. The van der Waals surface area contributed by atoms with Crippen LogP contribution < -0.4 is 5.32 Å². The summed E-state index contributed by atoms with van der Waals surface area (Å²) >= 11 is 0. The Kier molecular flexibility index (Phi) is 3.17. The van der Waals surface area contributed by atoms with E-state index in [1.54, 1.807) is 17.9 Å². The molecule has 0 aliphatic carbocycles. The van der Waals surface area contributed by atoms with Gasteiger partial charge in [-0.1, -0.05) is 5.21 Å². The molecule has 0 radical (unpaired) electrons. The predicted molar refractivity (Wildman–Crippen MR) is 57.6 cm³/mol. The molecule has 2 aromatic heterocycles. The summed E-state index contributed by atoms with van der Waals surface area (Å²) in [5.74, 6) is 0. The van der Waals surface area contributed by atoms with Crippen molar-refractivity contribution in [3.8, 4) is 0 Å². The lowest BCUT2D eigenvalue weighted by atomic mass is 10.3. The normalized spacial score (nSPS) is 11.6. The van der Waals surface area contributed by atoms with Gasteiger partial charge >= 0.3 is 6.18 Å². The van der Waals surface area contributed by atoms with Gasteiger partial charge in [-0.25, -0.2) is 4.98 Å². The number of halogens is 3. The van der Waals surface area contributed by atoms with E-state index in [0.29, 0.717) is 17.9 Å².